The van der Waals surface area contributed by atoms with Gasteiger partial charge in [-0.25, -0.2) is 9.97 Å². The molecule has 0 aliphatic carbocycles. The first-order valence-corrected chi connectivity index (χ1v) is 11.0. The minimum Gasteiger partial charge on any atom is -0.469 e. The lowest BCUT2D eigenvalue weighted by atomic mass is 10.1. The molecule has 174 valence electrons. The number of carbonyl (C=O) groups excluding carboxylic acids is 3. The summed E-state index contributed by atoms with van der Waals surface area (Å²) in [5.74, 6) is -0.799. The lowest BCUT2D eigenvalue weighted by molar-refractivity contribution is -0.140. The molecule has 1 N–H and O–H groups in total. The number of nitrogens with zero attached hydrogens (tertiary/aromatic N) is 5. The fraction of sp³-hybridized carbons (Fsp3) is 0.333. The van der Waals surface area contributed by atoms with E-state index in [4.69, 9.17) is 10.00 Å². The van der Waals surface area contributed by atoms with Gasteiger partial charge in [-0.1, -0.05) is 6.07 Å². The Morgan fingerprint density at radius 1 is 1.15 bits per heavy atom. The number of fused-ring (bicyclic) bond motifs is 1. The normalized spacial score (nSPS) is 13.4. The molecule has 1 aliphatic heterocycles. The van der Waals surface area contributed by atoms with Crippen molar-refractivity contribution in [3.63, 3.8) is 0 Å². The second-order valence-corrected chi connectivity index (χ2v) is 7.98. The number of hydrogen-bond acceptors (Lipinski definition) is 7. The van der Waals surface area contributed by atoms with E-state index in [0.717, 1.165) is 19.3 Å². The number of esters is 1. The SMILES string of the molecule is COC(=O)CCn1c(NC(=O)c2cccc(C#N)c2)nc2cc(C(=O)N3CCCCC3)cnc21. The van der Waals surface area contributed by atoms with Crippen molar-refractivity contribution in [3.05, 3.63) is 53.2 Å². The van der Waals surface area contributed by atoms with Gasteiger partial charge in [-0.15, -0.1) is 0 Å². The van der Waals surface area contributed by atoms with E-state index in [2.05, 4.69) is 15.3 Å². The standard InChI is InChI=1S/C24H24N6O4/c1-34-20(31)8-11-30-21-19(13-18(15-26-21)23(33)29-9-3-2-4-10-29)27-24(30)28-22(32)17-7-5-6-16(12-17)14-25/h5-7,12-13,15H,2-4,8-11H2,1H3,(H,27,28,32). The van der Waals surface area contributed by atoms with E-state index in [-0.39, 0.29) is 24.8 Å². The van der Waals surface area contributed by atoms with Gasteiger partial charge in [0.2, 0.25) is 5.95 Å². The first-order valence-electron chi connectivity index (χ1n) is 11.0. The molecule has 4 rings (SSSR count). The fourth-order valence-electron chi connectivity index (χ4n) is 3.92. The van der Waals surface area contributed by atoms with Crippen LogP contribution in [0.5, 0.6) is 0 Å². The number of amides is 2. The van der Waals surface area contributed by atoms with Crippen LogP contribution in [0, 0.1) is 11.3 Å². The number of likely N-dealkylation sites (tertiary alicyclic amines) is 1. The van der Waals surface area contributed by atoms with Crippen molar-refractivity contribution in [3.8, 4) is 6.07 Å². The zero-order valence-corrected chi connectivity index (χ0v) is 18.8. The number of aromatic nitrogens is 3. The fourth-order valence-corrected chi connectivity index (χ4v) is 3.92. The number of anilines is 1. The highest BCUT2D eigenvalue weighted by Gasteiger charge is 2.22. The van der Waals surface area contributed by atoms with Crippen molar-refractivity contribution in [2.24, 2.45) is 0 Å². The second-order valence-electron chi connectivity index (χ2n) is 7.98. The number of piperidine rings is 1. The van der Waals surface area contributed by atoms with Crippen molar-refractivity contribution < 1.29 is 19.1 Å². The van der Waals surface area contributed by atoms with Gasteiger partial charge in [0.25, 0.3) is 11.8 Å². The van der Waals surface area contributed by atoms with Crippen LogP contribution in [-0.2, 0) is 16.1 Å². The first kappa shape index (κ1) is 22.9. The molecule has 1 saturated heterocycles. The number of rotatable bonds is 6. The number of imidazole rings is 1. The number of nitriles is 1. The lowest BCUT2D eigenvalue weighted by Gasteiger charge is -2.26. The Morgan fingerprint density at radius 2 is 1.94 bits per heavy atom. The van der Waals surface area contributed by atoms with Crippen molar-refractivity contribution in [2.75, 3.05) is 25.5 Å². The van der Waals surface area contributed by atoms with Crippen LogP contribution in [0.4, 0.5) is 5.95 Å². The number of methoxy groups -OCH3 is 1. The van der Waals surface area contributed by atoms with Crippen molar-refractivity contribution in [1.82, 2.24) is 19.4 Å². The monoisotopic (exact) mass is 460 g/mol. The molecule has 0 radical (unpaired) electrons. The predicted octanol–water partition coefficient (Wildman–Crippen LogP) is 2.74. The Bertz CT molecular complexity index is 1290. The molecule has 0 unspecified atom stereocenters. The van der Waals surface area contributed by atoms with E-state index in [1.54, 1.807) is 28.8 Å². The second kappa shape index (κ2) is 10.1. The first-order chi connectivity index (χ1) is 16.5. The quantitative estimate of drug-likeness (QED) is 0.560. The molecule has 10 nitrogen and oxygen atoms in total. The van der Waals surface area contributed by atoms with Crippen LogP contribution in [0.1, 0.15) is 52.0 Å². The van der Waals surface area contributed by atoms with Gasteiger partial charge in [-0.2, -0.15) is 5.26 Å². The molecule has 3 heterocycles. The number of pyridine rings is 1. The van der Waals surface area contributed by atoms with Crippen LogP contribution in [0.3, 0.4) is 0 Å². The highest BCUT2D eigenvalue weighted by molar-refractivity contribution is 6.04. The van der Waals surface area contributed by atoms with Gasteiger partial charge < -0.3 is 9.64 Å². The van der Waals surface area contributed by atoms with E-state index in [9.17, 15) is 14.4 Å². The molecule has 10 heteroatoms. The van der Waals surface area contributed by atoms with Gasteiger partial charge in [0.15, 0.2) is 5.65 Å². The molecular formula is C24H24N6O4. The molecule has 0 spiro atoms. The van der Waals surface area contributed by atoms with Crippen LogP contribution >= 0.6 is 0 Å². The summed E-state index contributed by atoms with van der Waals surface area (Å²) in [6.45, 7) is 1.60. The Hall–Kier alpha value is -4.26. The van der Waals surface area contributed by atoms with E-state index >= 15 is 0 Å². The summed E-state index contributed by atoms with van der Waals surface area (Å²) >= 11 is 0. The van der Waals surface area contributed by atoms with Gasteiger partial charge in [0.05, 0.1) is 30.7 Å². The third-order valence-corrected chi connectivity index (χ3v) is 5.72. The van der Waals surface area contributed by atoms with Crippen LogP contribution in [0.15, 0.2) is 36.5 Å². The maximum absolute atomic E-state index is 12.9. The highest BCUT2D eigenvalue weighted by Crippen LogP contribution is 2.22. The number of nitrogens with one attached hydrogen (secondary N) is 1. The number of benzene rings is 1. The molecule has 1 aromatic carbocycles. The summed E-state index contributed by atoms with van der Waals surface area (Å²) in [6, 6.07) is 9.94. The molecule has 0 atom stereocenters. The summed E-state index contributed by atoms with van der Waals surface area (Å²) in [5.41, 5.74) is 1.93. The Morgan fingerprint density at radius 3 is 2.68 bits per heavy atom. The van der Waals surface area contributed by atoms with Crippen LogP contribution < -0.4 is 5.32 Å². The van der Waals surface area contributed by atoms with Crippen molar-refractivity contribution in [2.45, 2.75) is 32.2 Å². The van der Waals surface area contributed by atoms with Gasteiger partial charge in [-0.05, 0) is 43.5 Å². The van der Waals surface area contributed by atoms with Gasteiger partial charge in [-0.3, -0.25) is 24.3 Å². The highest BCUT2D eigenvalue weighted by atomic mass is 16.5. The Kier molecular flexibility index (Phi) is 6.82. The maximum atomic E-state index is 12.9. The zero-order valence-electron chi connectivity index (χ0n) is 18.8. The smallest absolute Gasteiger partial charge is 0.307 e. The number of carbonyl (C=O) groups is 3. The minimum atomic E-state index is -0.462. The van der Waals surface area contributed by atoms with Gasteiger partial charge in [0.1, 0.15) is 5.52 Å². The number of hydrogen-bond donors (Lipinski definition) is 1. The summed E-state index contributed by atoms with van der Waals surface area (Å²) in [7, 11) is 1.30. The molecule has 3 aromatic rings. The molecule has 1 aliphatic rings. The molecule has 34 heavy (non-hydrogen) atoms. The summed E-state index contributed by atoms with van der Waals surface area (Å²) in [5, 5.41) is 11.8. The van der Waals surface area contributed by atoms with E-state index in [0.29, 0.717) is 40.9 Å². The summed E-state index contributed by atoms with van der Waals surface area (Å²) < 4.78 is 6.34. The Balaban J connectivity index is 1.66. The molecule has 2 aromatic heterocycles. The lowest BCUT2D eigenvalue weighted by Crippen LogP contribution is -2.35. The number of ether oxygens (including phenoxy) is 1. The van der Waals surface area contributed by atoms with E-state index < -0.39 is 11.9 Å². The average Bonchev–Trinajstić information content (AvgIpc) is 3.23. The van der Waals surface area contributed by atoms with Crippen LogP contribution in [-0.4, -0.2) is 57.4 Å². The largest absolute Gasteiger partial charge is 0.469 e. The van der Waals surface area contributed by atoms with Gasteiger partial charge >= 0.3 is 5.97 Å². The topological polar surface area (TPSA) is 130 Å². The predicted molar refractivity (Wildman–Crippen MR) is 123 cm³/mol. The van der Waals surface area contributed by atoms with Crippen molar-refractivity contribution in [1.29, 1.82) is 5.26 Å². The summed E-state index contributed by atoms with van der Waals surface area (Å²) in [4.78, 5) is 48.2. The number of aryl methyl sites for hydroxylation is 1. The molecule has 1 fully saturated rings. The minimum absolute atomic E-state index is 0.0465. The maximum Gasteiger partial charge on any atom is 0.307 e. The van der Waals surface area contributed by atoms with Crippen LogP contribution in [0.2, 0.25) is 0 Å². The average molecular weight is 460 g/mol. The summed E-state index contributed by atoms with van der Waals surface area (Å²) in [6.07, 6.45) is 4.62. The Labute approximate surface area is 196 Å². The molecule has 0 bridgehead atoms. The molecule has 2 amide bonds. The van der Waals surface area contributed by atoms with Crippen LogP contribution in [0.25, 0.3) is 11.2 Å². The van der Waals surface area contributed by atoms with Crippen molar-refractivity contribution >= 4 is 34.9 Å². The third kappa shape index (κ3) is 4.88. The molecular weight excluding hydrogens is 436 g/mol. The van der Waals surface area contributed by atoms with E-state index in [1.165, 1.54) is 19.4 Å². The zero-order chi connectivity index (χ0) is 24.1. The van der Waals surface area contributed by atoms with Gasteiger partial charge in [0, 0.05) is 31.4 Å². The third-order valence-electron chi connectivity index (χ3n) is 5.72. The van der Waals surface area contributed by atoms with E-state index in [1.807, 2.05) is 11.0 Å². The molecule has 0 saturated carbocycles.